The number of sulfonamides is 1. The molecule has 0 atom stereocenters. The van der Waals surface area contributed by atoms with Crippen LogP contribution in [-0.2, 0) is 26.0 Å². The first-order chi connectivity index (χ1) is 14.2. The fourth-order valence-electron chi connectivity index (χ4n) is 3.32. The number of ether oxygens (including phenoxy) is 1. The van der Waals surface area contributed by atoms with Crippen LogP contribution in [0.4, 0.5) is 5.69 Å². The van der Waals surface area contributed by atoms with Crippen molar-refractivity contribution in [1.29, 1.82) is 0 Å². The summed E-state index contributed by atoms with van der Waals surface area (Å²) in [4.78, 5) is 11.6. The fourth-order valence-corrected chi connectivity index (χ4v) is 5.28. The van der Waals surface area contributed by atoms with Crippen LogP contribution >= 0.6 is 15.9 Å². The molecule has 0 bridgehead atoms. The maximum atomic E-state index is 12.9. The summed E-state index contributed by atoms with van der Waals surface area (Å²) >= 11 is 3.43. The van der Waals surface area contributed by atoms with Crippen molar-refractivity contribution >= 4 is 37.6 Å². The van der Waals surface area contributed by atoms with Gasteiger partial charge in [0, 0.05) is 10.9 Å². The number of aryl methyl sites for hydroxylation is 3. The SMILES string of the molecule is CCOC(=O)CCCCCCc1cccc(S(=O)(=O)Nc2c(C)cc(Br)cc2C)c1. The Kier molecular flexibility index (Phi) is 9.37. The molecule has 2 rings (SSSR count). The van der Waals surface area contributed by atoms with Crippen LogP contribution in [0.5, 0.6) is 0 Å². The van der Waals surface area contributed by atoms with Crippen LogP contribution < -0.4 is 4.72 Å². The molecule has 0 aliphatic rings. The van der Waals surface area contributed by atoms with Gasteiger partial charge in [-0.3, -0.25) is 9.52 Å². The van der Waals surface area contributed by atoms with Crippen molar-refractivity contribution in [2.75, 3.05) is 11.3 Å². The standard InChI is InChI=1S/C23H30BrNO4S/c1-4-29-22(26)13-8-6-5-7-10-19-11-9-12-21(16-19)30(27,28)25-23-17(2)14-20(24)15-18(23)3/h9,11-12,14-16,25H,4-8,10,13H2,1-3H3. The molecule has 0 spiro atoms. The summed E-state index contributed by atoms with van der Waals surface area (Å²) in [7, 11) is -3.66. The Morgan fingerprint density at radius 1 is 1.03 bits per heavy atom. The van der Waals surface area contributed by atoms with Gasteiger partial charge >= 0.3 is 5.97 Å². The van der Waals surface area contributed by atoms with Crippen LogP contribution in [0.2, 0.25) is 0 Å². The Balaban J connectivity index is 1.94. The third kappa shape index (κ3) is 7.43. The van der Waals surface area contributed by atoms with Crippen LogP contribution in [0, 0.1) is 13.8 Å². The molecule has 2 aromatic rings. The van der Waals surface area contributed by atoms with Crippen LogP contribution in [0.25, 0.3) is 0 Å². The van der Waals surface area contributed by atoms with Crippen molar-refractivity contribution in [1.82, 2.24) is 0 Å². The minimum atomic E-state index is -3.66. The monoisotopic (exact) mass is 495 g/mol. The number of hydrogen-bond donors (Lipinski definition) is 1. The molecule has 30 heavy (non-hydrogen) atoms. The summed E-state index contributed by atoms with van der Waals surface area (Å²) < 4.78 is 34.4. The lowest BCUT2D eigenvalue weighted by atomic mass is 10.1. The molecule has 0 radical (unpaired) electrons. The van der Waals surface area contributed by atoms with E-state index in [0.717, 1.165) is 53.3 Å². The number of benzene rings is 2. The highest BCUT2D eigenvalue weighted by atomic mass is 79.9. The van der Waals surface area contributed by atoms with E-state index < -0.39 is 10.0 Å². The number of carbonyl (C=O) groups excluding carboxylic acids is 1. The quantitative estimate of drug-likeness (QED) is 0.310. The van der Waals surface area contributed by atoms with Crippen LogP contribution in [0.3, 0.4) is 0 Å². The Labute approximate surface area is 188 Å². The normalized spacial score (nSPS) is 11.3. The Morgan fingerprint density at radius 3 is 2.37 bits per heavy atom. The first kappa shape index (κ1) is 24.4. The number of hydrogen-bond acceptors (Lipinski definition) is 4. The lowest BCUT2D eigenvalue weighted by Crippen LogP contribution is -2.15. The molecule has 0 amide bonds. The van der Waals surface area contributed by atoms with Crippen molar-refractivity contribution in [3.05, 3.63) is 57.6 Å². The molecule has 164 valence electrons. The molecule has 0 aliphatic heterocycles. The molecule has 0 aromatic heterocycles. The molecule has 7 heteroatoms. The summed E-state index contributed by atoms with van der Waals surface area (Å²) in [6, 6.07) is 10.9. The second kappa shape index (κ2) is 11.5. The largest absolute Gasteiger partial charge is 0.466 e. The smallest absolute Gasteiger partial charge is 0.305 e. The topological polar surface area (TPSA) is 72.5 Å². The van der Waals surface area contributed by atoms with Gasteiger partial charge in [0.25, 0.3) is 10.0 Å². The van der Waals surface area contributed by atoms with E-state index in [1.54, 1.807) is 18.2 Å². The maximum absolute atomic E-state index is 12.9. The van der Waals surface area contributed by atoms with Gasteiger partial charge in [0.05, 0.1) is 17.2 Å². The molecule has 0 aliphatic carbocycles. The zero-order valence-electron chi connectivity index (χ0n) is 17.8. The molecule has 0 heterocycles. The molecule has 0 saturated heterocycles. The summed E-state index contributed by atoms with van der Waals surface area (Å²) in [5.41, 5.74) is 3.34. The van der Waals surface area contributed by atoms with E-state index in [-0.39, 0.29) is 10.9 Å². The van der Waals surface area contributed by atoms with Crippen LogP contribution in [0.1, 0.15) is 55.7 Å². The highest BCUT2D eigenvalue weighted by Gasteiger charge is 2.17. The zero-order chi connectivity index (χ0) is 22.1. The number of rotatable bonds is 11. The van der Waals surface area contributed by atoms with Gasteiger partial charge < -0.3 is 4.74 Å². The van der Waals surface area contributed by atoms with Gasteiger partial charge in [0.15, 0.2) is 0 Å². The Hall–Kier alpha value is -1.86. The number of unbranched alkanes of at least 4 members (excludes halogenated alkanes) is 3. The van der Waals surface area contributed by atoms with Gasteiger partial charge in [0.2, 0.25) is 0 Å². The van der Waals surface area contributed by atoms with Crippen molar-refractivity contribution in [2.24, 2.45) is 0 Å². The first-order valence-corrected chi connectivity index (χ1v) is 12.5. The van der Waals surface area contributed by atoms with Gasteiger partial charge in [-0.15, -0.1) is 0 Å². The van der Waals surface area contributed by atoms with Gasteiger partial charge in [-0.1, -0.05) is 40.9 Å². The number of carbonyl (C=O) groups is 1. The molecule has 0 fully saturated rings. The van der Waals surface area contributed by atoms with Crippen molar-refractivity contribution in [2.45, 2.75) is 64.2 Å². The molecule has 2 aromatic carbocycles. The molecular weight excluding hydrogens is 466 g/mol. The molecular formula is C23H30BrNO4S. The van der Waals surface area contributed by atoms with E-state index in [1.165, 1.54) is 0 Å². The van der Waals surface area contributed by atoms with E-state index in [4.69, 9.17) is 4.74 Å². The second-order valence-corrected chi connectivity index (χ2v) is 9.98. The third-order valence-corrected chi connectivity index (χ3v) is 6.65. The fraction of sp³-hybridized carbons (Fsp3) is 0.435. The highest BCUT2D eigenvalue weighted by Crippen LogP contribution is 2.27. The summed E-state index contributed by atoms with van der Waals surface area (Å²) in [6.07, 6.45) is 4.99. The zero-order valence-corrected chi connectivity index (χ0v) is 20.2. The van der Waals surface area contributed by atoms with E-state index in [0.29, 0.717) is 18.7 Å². The lowest BCUT2D eigenvalue weighted by molar-refractivity contribution is -0.143. The van der Waals surface area contributed by atoms with E-state index >= 15 is 0 Å². The first-order valence-electron chi connectivity index (χ1n) is 10.3. The molecule has 5 nitrogen and oxygen atoms in total. The minimum absolute atomic E-state index is 0.140. The lowest BCUT2D eigenvalue weighted by Gasteiger charge is -2.14. The molecule has 1 N–H and O–H groups in total. The average Bonchev–Trinajstić information content (AvgIpc) is 2.68. The molecule has 0 saturated carbocycles. The summed E-state index contributed by atoms with van der Waals surface area (Å²) in [5.74, 6) is -0.140. The Bertz CT molecular complexity index is 950. The van der Waals surface area contributed by atoms with Crippen LogP contribution in [-0.4, -0.2) is 21.0 Å². The maximum Gasteiger partial charge on any atom is 0.305 e. The summed E-state index contributed by atoms with van der Waals surface area (Å²) in [6.45, 7) is 6.00. The predicted molar refractivity (Wildman–Crippen MR) is 124 cm³/mol. The van der Waals surface area contributed by atoms with E-state index in [2.05, 4.69) is 20.7 Å². The van der Waals surface area contributed by atoms with Crippen molar-refractivity contribution in [3.63, 3.8) is 0 Å². The third-order valence-electron chi connectivity index (χ3n) is 4.84. The average molecular weight is 496 g/mol. The number of esters is 1. The molecule has 0 unspecified atom stereocenters. The minimum Gasteiger partial charge on any atom is -0.466 e. The van der Waals surface area contributed by atoms with Gasteiger partial charge in [-0.25, -0.2) is 8.42 Å². The van der Waals surface area contributed by atoms with Crippen molar-refractivity contribution < 1.29 is 17.9 Å². The van der Waals surface area contributed by atoms with E-state index in [9.17, 15) is 13.2 Å². The van der Waals surface area contributed by atoms with E-state index in [1.807, 2.05) is 39.0 Å². The van der Waals surface area contributed by atoms with Crippen LogP contribution in [0.15, 0.2) is 45.8 Å². The van der Waals surface area contributed by atoms with Crippen molar-refractivity contribution in [3.8, 4) is 0 Å². The highest BCUT2D eigenvalue weighted by molar-refractivity contribution is 9.10. The Morgan fingerprint density at radius 2 is 1.70 bits per heavy atom. The van der Waals surface area contributed by atoms with Gasteiger partial charge in [-0.05, 0) is 81.0 Å². The van der Waals surface area contributed by atoms with Gasteiger partial charge in [-0.2, -0.15) is 0 Å². The number of halogens is 1. The van der Waals surface area contributed by atoms with Gasteiger partial charge in [0.1, 0.15) is 0 Å². The number of anilines is 1. The second-order valence-electron chi connectivity index (χ2n) is 7.39. The number of nitrogens with one attached hydrogen (secondary N) is 1. The summed E-state index contributed by atoms with van der Waals surface area (Å²) in [5, 5.41) is 0. The predicted octanol–water partition coefficient (Wildman–Crippen LogP) is 5.92.